The zero-order valence-electron chi connectivity index (χ0n) is 11.3. The molecule has 0 aromatic heterocycles. The number of nitriles is 1. The first-order valence-electron chi connectivity index (χ1n) is 6.83. The van der Waals surface area contributed by atoms with Crippen molar-refractivity contribution in [2.24, 2.45) is 5.92 Å². The molecular formula is C18H19N. The first kappa shape index (κ1) is 13.4. The lowest BCUT2D eigenvalue weighted by Gasteiger charge is -2.05. The molecule has 0 radical (unpaired) electrons. The fraction of sp³-hybridized carbons (Fsp3) is 0.278. The van der Waals surface area contributed by atoms with Crippen molar-refractivity contribution in [2.45, 2.75) is 26.2 Å². The second-order valence-electron chi connectivity index (χ2n) is 4.99. The topological polar surface area (TPSA) is 23.8 Å². The van der Waals surface area contributed by atoms with Gasteiger partial charge < -0.3 is 0 Å². The van der Waals surface area contributed by atoms with Gasteiger partial charge in [0.25, 0.3) is 0 Å². The number of nitrogens with zero attached hydrogens (tertiary/aromatic N) is 1. The van der Waals surface area contributed by atoms with E-state index in [0.29, 0.717) is 0 Å². The minimum Gasteiger partial charge on any atom is -0.198 e. The Morgan fingerprint density at radius 3 is 2.21 bits per heavy atom. The van der Waals surface area contributed by atoms with Gasteiger partial charge in [0.2, 0.25) is 0 Å². The van der Waals surface area contributed by atoms with Crippen molar-refractivity contribution in [1.29, 1.82) is 5.26 Å². The Kier molecular flexibility index (Phi) is 4.75. The SMILES string of the molecule is CC(C#N)CCCc1ccc(-c2ccccc2)cc1. The van der Waals surface area contributed by atoms with Crippen LogP contribution in [0.2, 0.25) is 0 Å². The molecule has 0 amide bonds. The summed E-state index contributed by atoms with van der Waals surface area (Å²) in [4.78, 5) is 0. The van der Waals surface area contributed by atoms with Crippen molar-refractivity contribution in [3.63, 3.8) is 0 Å². The van der Waals surface area contributed by atoms with Gasteiger partial charge in [-0.25, -0.2) is 0 Å². The van der Waals surface area contributed by atoms with Crippen LogP contribution in [0, 0.1) is 17.2 Å². The average molecular weight is 249 g/mol. The first-order valence-corrected chi connectivity index (χ1v) is 6.83. The van der Waals surface area contributed by atoms with E-state index in [9.17, 15) is 0 Å². The van der Waals surface area contributed by atoms with Gasteiger partial charge in [0.15, 0.2) is 0 Å². The summed E-state index contributed by atoms with van der Waals surface area (Å²) in [7, 11) is 0. The molecule has 0 saturated carbocycles. The molecule has 1 nitrogen and oxygen atoms in total. The van der Waals surface area contributed by atoms with Gasteiger partial charge >= 0.3 is 0 Å². The van der Waals surface area contributed by atoms with Crippen LogP contribution in [0.1, 0.15) is 25.3 Å². The Bertz CT molecular complexity index is 534. The molecule has 1 atom stereocenters. The van der Waals surface area contributed by atoms with Gasteiger partial charge in [0.1, 0.15) is 0 Å². The van der Waals surface area contributed by atoms with E-state index in [0.717, 1.165) is 19.3 Å². The lowest BCUT2D eigenvalue weighted by Crippen LogP contribution is -1.92. The third-order valence-electron chi connectivity index (χ3n) is 3.38. The maximum Gasteiger partial charge on any atom is 0.0652 e. The van der Waals surface area contributed by atoms with Gasteiger partial charge in [-0.05, 0) is 42.9 Å². The van der Waals surface area contributed by atoms with E-state index in [1.807, 2.05) is 13.0 Å². The highest BCUT2D eigenvalue weighted by molar-refractivity contribution is 5.63. The van der Waals surface area contributed by atoms with Crippen molar-refractivity contribution < 1.29 is 0 Å². The highest BCUT2D eigenvalue weighted by atomic mass is 14.3. The van der Waals surface area contributed by atoms with Crippen molar-refractivity contribution >= 4 is 0 Å². The van der Waals surface area contributed by atoms with Crippen LogP contribution in [0.3, 0.4) is 0 Å². The molecule has 0 heterocycles. The number of aryl methyl sites for hydroxylation is 1. The zero-order chi connectivity index (χ0) is 13.5. The highest BCUT2D eigenvalue weighted by Gasteiger charge is 2.01. The largest absolute Gasteiger partial charge is 0.198 e. The summed E-state index contributed by atoms with van der Waals surface area (Å²) in [6.45, 7) is 1.98. The lowest BCUT2D eigenvalue weighted by molar-refractivity contribution is 0.617. The predicted molar refractivity (Wildman–Crippen MR) is 79.6 cm³/mol. The van der Waals surface area contributed by atoms with E-state index < -0.39 is 0 Å². The Balaban J connectivity index is 1.94. The van der Waals surface area contributed by atoms with E-state index in [-0.39, 0.29) is 5.92 Å². The predicted octanol–water partition coefficient (Wildman–Crippen LogP) is 4.84. The van der Waals surface area contributed by atoms with E-state index in [1.165, 1.54) is 16.7 Å². The molecule has 19 heavy (non-hydrogen) atoms. The number of hydrogen-bond acceptors (Lipinski definition) is 1. The molecule has 2 rings (SSSR count). The Labute approximate surface area is 115 Å². The second-order valence-corrected chi connectivity index (χ2v) is 4.99. The summed E-state index contributed by atoms with van der Waals surface area (Å²) in [6.07, 6.45) is 3.12. The molecular weight excluding hydrogens is 230 g/mol. The lowest BCUT2D eigenvalue weighted by atomic mass is 9.99. The molecule has 0 spiro atoms. The molecule has 0 aliphatic rings. The third-order valence-corrected chi connectivity index (χ3v) is 3.38. The Morgan fingerprint density at radius 2 is 1.58 bits per heavy atom. The van der Waals surface area contributed by atoms with Crippen LogP contribution < -0.4 is 0 Å². The van der Waals surface area contributed by atoms with Gasteiger partial charge in [0, 0.05) is 5.92 Å². The minimum atomic E-state index is 0.170. The van der Waals surface area contributed by atoms with E-state index in [4.69, 9.17) is 5.26 Å². The number of hydrogen-bond donors (Lipinski definition) is 0. The quantitative estimate of drug-likeness (QED) is 0.744. The van der Waals surface area contributed by atoms with Crippen LogP contribution in [0.4, 0.5) is 0 Å². The van der Waals surface area contributed by atoms with Crippen LogP contribution in [-0.2, 0) is 6.42 Å². The standard InChI is InChI=1S/C18H19N/c1-15(14-19)6-5-7-16-10-12-18(13-11-16)17-8-3-2-4-9-17/h2-4,8-13,15H,5-7H2,1H3. The van der Waals surface area contributed by atoms with Crippen molar-refractivity contribution in [2.75, 3.05) is 0 Å². The summed E-state index contributed by atoms with van der Waals surface area (Å²) >= 11 is 0. The average Bonchev–Trinajstić information content (AvgIpc) is 2.48. The second kappa shape index (κ2) is 6.75. The minimum absolute atomic E-state index is 0.170. The zero-order valence-corrected chi connectivity index (χ0v) is 11.3. The van der Waals surface area contributed by atoms with Gasteiger partial charge in [0.05, 0.1) is 6.07 Å². The molecule has 0 N–H and O–H groups in total. The van der Waals surface area contributed by atoms with Crippen LogP contribution in [0.25, 0.3) is 11.1 Å². The van der Waals surface area contributed by atoms with Gasteiger partial charge in [-0.1, -0.05) is 54.6 Å². The third kappa shape index (κ3) is 3.96. The summed E-state index contributed by atoms with van der Waals surface area (Å²) in [5.41, 5.74) is 3.87. The molecule has 2 aromatic carbocycles. The monoisotopic (exact) mass is 249 g/mol. The molecule has 96 valence electrons. The smallest absolute Gasteiger partial charge is 0.0652 e. The van der Waals surface area contributed by atoms with Gasteiger partial charge in [-0.15, -0.1) is 0 Å². The number of benzene rings is 2. The molecule has 1 unspecified atom stereocenters. The van der Waals surface area contributed by atoms with E-state index in [1.54, 1.807) is 0 Å². The van der Waals surface area contributed by atoms with Gasteiger partial charge in [-0.2, -0.15) is 5.26 Å². The summed E-state index contributed by atoms with van der Waals surface area (Å²) < 4.78 is 0. The van der Waals surface area contributed by atoms with Crippen LogP contribution in [0.15, 0.2) is 54.6 Å². The highest BCUT2D eigenvalue weighted by Crippen LogP contribution is 2.20. The molecule has 0 saturated heterocycles. The van der Waals surface area contributed by atoms with Crippen LogP contribution >= 0.6 is 0 Å². The normalized spacial score (nSPS) is 11.8. The molecule has 2 aromatic rings. The van der Waals surface area contributed by atoms with Crippen LogP contribution in [-0.4, -0.2) is 0 Å². The van der Waals surface area contributed by atoms with Crippen molar-refractivity contribution in [3.8, 4) is 17.2 Å². The number of rotatable bonds is 5. The fourth-order valence-corrected chi connectivity index (χ4v) is 2.17. The summed E-state index contributed by atoms with van der Waals surface area (Å²) in [5, 5.41) is 8.74. The van der Waals surface area contributed by atoms with Crippen LogP contribution in [0.5, 0.6) is 0 Å². The Hall–Kier alpha value is -2.07. The summed E-state index contributed by atoms with van der Waals surface area (Å²) in [5.74, 6) is 0.170. The molecule has 0 fully saturated rings. The molecule has 0 aliphatic heterocycles. The molecule has 0 aliphatic carbocycles. The first-order chi connectivity index (χ1) is 9.29. The maximum absolute atomic E-state index is 8.74. The summed E-state index contributed by atoms with van der Waals surface area (Å²) in [6, 6.07) is 21.4. The Morgan fingerprint density at radius 1 is 0.947 bits per heavy atom. The molecule has 0 bridgehead atoms. The molecule has 1 heteroatoms. The van der Waals surface area contributed by atoms with E-state index in [2.05, 4.69) is 54.6 Å². The van der Waals surface area contributed by atoms with E-state index >= 15 is 0 Å². The maximum atomic E-state index is 8.74. The van der Waals surface area contributed by atoms with Crippen molar-refractivity contribution in [3.05, 3.63) is 60.2 Å². The van der Waals surface area contributed by atoms with Gasteiger partial charge in [-0.3, -0.25) is 0 Å². The van der Waals surface area contributed by atoms with Crippen molar-refractivity contribution in [1.82, 2.24) is 0 Å². The fourth-order valence-electron chi connectivity index (χ4n) is 2.17.